The highest BCUT2D eigenvalue weighted by atomic mass is 32.1. The fraction of sp³-hybridized carbons (Fsp3) is 0.158. The predicted octanol–water partition coefficient (Wildman–Crippen LogP) is 24.1. The largest absolute Gasteiger partial charge is 0.309 e. The van der Waals surface area contributed by atoms with Gasteiger partial charge in [0.25, 0.3) is 0 Å². The second-order valence-corrected chi connectivity index (χ2v) is 25.2. The Labute approximate surface area is 478 Å². The van der Waals surface area contributed by atoms with E-state index in [1.54, 1.807) is 0 Å². The summed E-state index contributed by atoms with van der Waals surface area (Å²) < 4.78 is 5.29. The number of anilines is 6. The number of fused-ring (bicyclic) bond motifs is 6. The molecule has 390 valence electrons. The van der Waals surface area contributed by atoms with E-state index in [4.69, 9.17) is 0 Å². The molecule has 0 aliphatic rings. The molecule has 2 nitrogen and oxygen atoms in total. The molecule has 0 radical (unpaired) electrons. The van der Waals surface area contributed by atoms with Crippen molar-refractivity contribution in [3.63, 3.8) is 0 Å². The van der Waals surface area contributed by atoms with E-state index in [-0.39, 0.29) is 23.7 Å². The maximum Gasteiger partial charge on any atom is 0.0540 e. The van der Waals surface area contributed by atoms with Crippen LogP contribution in [0.1, 0.15) is 101 Å². The topological polar surface area (TPSA) is 6.48 Å². The van der Waals surface area contributed by atoms with Crippen LogP contribution in [0.15, 0.2) is 218 Å². The van der Waals surface area contributed by atoms with E-state index in [0.29, 0.717) is 0 Å². The van der Waals surface area contributed by atoms with Gasteiger partial charge in [-0.05, 0) is 138 Å². The summed E-state index contributed by atoms with van der Waals surface area (Å²) in [5.41, 5.74) is 17.5. The Morgan fingerprint density at radius 3 is 1.05 bits per heavy atom. The van der Waals surface area contributed by atoms with Crippen LogP contribution in [0.5, 0.6) is 0 Å². The molecule has 2 heterocycles. The van der Waals surface area contributed by atoms with Crippen molar-refractivity contribution in [2.24, 2.45) is 0 Å². The van der Waals surface area contributed by atoms with Crippen LogP contribution in [-0.2, 0) is 0 Å². The summed E-state index contributed by atoms with van der Waals surface area (Å²) in [4.78, 5) is 5.24. The summed E-state index contributed by atoms with van der Waals surface area (Å²) in [7, 11) is 0. The van der Waals surface area contributed by atoms with Crippen molar-refractivity contribution in [3.05, 3.63) is 241 Å². The molecule has 80 heavy (non-hydrogen) atoms. The zero-order chi connectivity index (χ0) is 54.5. The third-order valence-electron chi connectivity index (χ3n) is 16.9. The van der Waals surface area contributed by atoms with E-state index >= 15 is 0 Å². The lowest BCUT2D eigenvalue weighted by molar-refractivity contribution is 0.831. The molecule has 0 N–H and O–H groups in total. The first kappa shape index (κ1) is 50.0. The molecular formula is C76H64N2S2. The van der Waals surface area contributed by atoms with Gasteiger partial charge in [-0.1, -0.05) is 225 Å². The van der Waals surface area contributed by atoms with Crippen LogP contribution in [0.4, 0.5) is 34.1 Å². The van der Waals surface area contributed by atoms with Crippen LogP contribution in [0.25, 0.3) is 94.9 Å². The van der Waals surface area contributed by atoms with Gasteiger partial charge < -0.3 is 9.80 Å². The van der Waals surface area contributed by atoms with Gasteiger partial charge >= 0.3 is 0 Å². The van der Waals surface area contributed by atoms with Crippen LogP contribution in [0.2, 0.25) is 0 Å². The summed E-state index contributed by atoms with van der Waals surface area (Å²) in [6, 6.07) is 83.1. The Hall–Kier alpha value is -8.28. The minimum Gasteiger partial charge on any atom is -0.309 e. The summed E-state index contributed by atoms with van der Waals surface area (Å²) >= 11 is 3.79. The zero-order valence-corrected chi connectivity index (χ0v) is 48.4. The van der Waals surface area contributed by atoms with Crippen molar-refractivity contribution in [1.29, 1.82) is 0 Å². The molecular weight excluding hydrogens is 1000 g/mol. The molecule has 12 aromatic carbocycles. The van der Waals surface area contributed by atoms with E-state index in [0.717, 1.165) is 11.4 Å². The first-order valence-corrected chi connectivity index (χ1v) is 30.2. The lowest BCUT2D eigenvalue weighted by Crippen LogP contribution is -2.17. The third kappa shape index (κ3) is 8.09. The molecule has 0 aliphatic heterocycles. The van der Waals surface area contributed by atoms with E-state index in [1.807, 2.05) is 22.7 Å². The van der Waals surface area contributed by atoms with Crippen molar-refractivity contribution >= 4 is 129 Å². The van der Waals surface area contributed by atoms with Gasteiger partial charge in [-0.3, -0.25) is 0 Å². The average Bonchev–Trinajstić information content (AvgIpc) is 3.89. The highest BCUT2D eigenvalue weighted by Gasteiger charge is 2.29. The first-order valence-electron chi connectivity index (χ1n) is 28.6. The van der Waals surface area contributed by atoms with E-state index < -0.39 is 0 Å². The Morgan fingerprint density at radius 2 is 0.650 bits per heavy atom. The Morgan fingerprint density at radius 1 is 0.300 bits per heavy atom. The standard InChI is InChI=1S/C76H64N2S2/c1-45(2)55-25-15-26-56(46(3)4)73(55)77(53-21-13-19-51(43-53)59-29-17-31-63-61-23-9-11-33-69(61)79-75(59)63)67-41-37-49-36-40-66-68(42-38-50-35-39-65(67)71(49)72(50)66)78(74-57(47(5)6)27-16-28-58(74)48(7)8)54-22-14-20-52(44-54)60-30-18-32-64-62-24-10-12-34-70(62)80-76(60)64/h9-48H,1-8H3. The Balaban J connectivity index is 1.02. The maximum absolute atomic E-state index is 2.62. The lowest BCUT2D eigenvalue weighted by Gasteiger charge is -2.34. The van der Waals surface area contributed by atoms with Crippen molar-refractivity contribution in [3.8, 4) is 22.3 Å². The SMILES string of the molecule is CC(C)c1cccc(C(C)C)c1N(c1cccc(-c2cccc3c2sc2ccccc23)c1)c1ccc2ccc3c(N(c4cccc(-c5cccc6c5sc5ccccc56)c4)c4c(C(C)C)cccc4C(C)C)ccc4ccc1c2c43. The smallest absolute Gasteiger partial charge is 0.0540 e. The third-order valence-corrected chi connectivity index (χ3v) is 19.3. The van der Waals surface area contributed by atoms with Crippen LogP contribution in [0, 0.1) is 0 Å². The molecule has 14 rings (SSSR count). The molecule has 0 aliphatic carbocycles. The minimum atomic E-state index is 0.288. The average molecular weight is 1070 g/mol. The highest BCUT2D eigenvalue weighted by Crippen LogP contribution is 2.53. The van der Waals surface area contributed by atoms with Gasteiger partial charge in [0.1, 0.15) is 0 Å². The van der Waals surface area contributed by atoms with Gasteiger partial charge in [-0.25, -0.2) is 0 Å². The first-order chi connectivity index (χ1) is 39.0. The predicted molar refractivity (Wildman–Crippen MR) is 353 cm³/mol. The summed E-state index contributed by atoms with van der Waals surface area (Å²) in [5, 5.41) is 12.8. The van der Waals surface area contributed by atoms with E-state index in [2.05, 4.69) is 284 Å². The molecule has 0 bridgehead atoms. The Bertz CT molecular complexity index is 4350. The van der Waals surface area contributed by atoms with Crippen molar-refractivity contribution < 1.29 is 0 Å². The van der Waals surface area contributed by atoms with Gasteiger partial charge in [0.15, 0.2) is 0 Å². The molecule has 4 heteroatoms. The van der Waals surface area contributed by atoms with Gasteiger partial charge in [0, 0.05) is 62.5 Å². The number of hydrogen-bond acceptors (Lipinski definition) is 4. The molecule has 0 saturated carbocycles. The van der Waals surface area contributed by atoms with E-state index in [1.165, 1.54) is 140 Å². The molecule has 14 aromatic rings. The number of rotatable bonds is 12. The van der Waals surface area contributed by atoms with Crippen molar-refractivity contribution in [2.75, 3.05) is 9.80 Å². The molecule has 2 aromatic heterocycles. The summed E-state index contributed by atoms with van der Waals surface area (Å²) in [5.74, 6) is 1.15. The zero-order valence-electron chi connectivity index (χ0n) is 46.8. The van der Waals surface area contributed by atoms with Crippen LogP contribution in [-0.4, -0.2) is 0 Å². The monoisotopic (exact) mass is 1070 g/mol. The van der Waals surface area contributed by atoms with Crippen LogP contribution < -0.4 is 9.80 Å². The summed E-state index contributed by atoms with van der Waals surface area (Å²) in [6.45, 7) is 18.8. The molecule has 0 atom stereocenters. The number of thiophene rings is 2. The maximum atomic E-state index is 2.62. The second-order valence-electron chi connectivity index (χ2n) is 23.1. The lowest BCUT2D eigenvalue weighted by atomic mass is 9.88. The number of benzene rings is 12. The molecule has 0 unspecified atom stereocenters. The Kier molecular flexibility index (Phi) is 12.4. The highest BCUT2D eigenvalue weighted by molar-refractivity contribution is 7.26. The number of para-hydroxylation sites is 2. The van der Waals surface area contributed by atoms with Crippen LogP contribution in [0.3, 0.4) is 0 Å². The van der Waals surface area contributed by atoms with Gasteiger partial charge in [0.05, 0.1) is 22.7 Å². The quantitative estimate of drug-likeness (QED) is 0.113. The normalized spacial score (nSPS) is 12.2. The molecule has 0 spiro atoms. The summed E-state index contributed by atoms with van der Waals surface area (Å²) in [6.07, 6.45) is 0. The van der Waals surface area contributed by atoms with Crippen molar-refractivity contribution in [2.45, 2.75) is 79.1 Å². The minimum absolute atomic E-state index is 0.288. The number of nitrogens with zero attached hydrogens (tertiary/aromatic N) is 2. The fourth-order valence-electron chi connectivity index (χ4n) is 13.1. The second kappa shape index (κ2) is 19.8. The molecule has 0 fully saturated rings. The van der Waals surface area contributed by atoms with Gasteiger partial charge in [-0.2, -0.15) is 0 Å². The van der Waals surface area contributed by atoms with E-state index in [9.17, 15) is 0 Å². The molecule has 0 amide bonds. The fourth-order valence-corrected chi connectivity index (χ4v) is 15.5. The van der Waals surface area contributed by atoms with Crippen molar-refractivity contribution in [1.82, 2.24) is 0 Å². The molecule has 0 saturated heterocycles. The number of hydrogen-bond donors (Lipinski definition) is 0. The van der Waals surface area contributed by atoms with Gasteiger partial charge in [-0.15, -0.1) is 22.7 Å². The van der Waals surface area contributed by atoms with Crippen LogP contribution >= 0.6 is 22.7 Å². The van der Waals surface area contributed by atoms with Gasteiger partial charge in [0.2, 0.25) is 0 Å².